The minimum atomic E-state index is -0.374. The molecule has 0 aliphatic rings. The van der Waals surface area contributed by atoms with Gasteiger partial charge in [-0.25, -0.2) is 0 Å². The summed E-state index contributed by atoms with van der Waals surface area (Å²) in [5.41, 5.74) is 6.58. The van der Waals surface area contributed by atoms with E-state index in [-0.39, 0.29) is 11.9 Å². The van der Waals surface area contributed by atoms with Crippen molar-refractivity contribution in [2.24, 2.45) is 10.7 Å². The number of furan rings is 1. The van der Waals surface area contributed by atoms with Crippen molar-refractivity contribution in [1.82, 2.24) is 15.2 Å². The fourth-order valence-corrected chi connectivity index (χ4v) is 2.49. The Morgan fingerprint density at radius 3 is 2.88 bits per heavy atom. The van der Waals surface area contributed by atoms with E-state index in [0.717, 1.165) is 11.1 Å². The number of aromatic amines is 1. The number of para-hydroxylation sites is 1. The van der Waals surface area contributed by atoms with Gasteiger partial charge < -0.3 is 24.8 Å². The molecule has 0 saturated heterocycles. The molecule has 8 heteroatoms. The zero-order valence-electron chi connectivity index (χ0n) is 14.9. The molecular formula is C18H21N5O3. The van der Waals surface area contributed by atoms with E-state index >= 15 is 0 Å². The lowest BCUT2D eigenvalue weighted by atomic mass is 10.2. The summed E-state index contributed by atoms with van der Waals surface area (Å²) in [5, 5.41) is 3.32. The van der Waals surface area contributed by atoms with Crippen LogP contribution in [0.5, 0.6) is 11.7 Å². The molecule has 0 bridgehead atoms. The van der Waals surface area contributed by atoms with E-state index in [4.69, 9.17) is 14.9 Å². The fourth-order valence-electron chi connectivity index (χ4n) is 2.49. The number of aromatic nitrogens is 1. The van der Waals surface area contributed by atoms with Gasteiger partial charge in [0, 0.05) is 18.5 Å². The maximum Gasteiger partial charge on any atom is 0.290 e. The van der Waals surface area contributed by atoms with Crippen LogP contribution in [0.25, 0.3) is 10.9 Å². The molecule has 0 saturated carbocycles. The van der Waals surface area contributed by atoms with Crippen LogP contribution in [0.2, 0.25) is 0 Å². The molecule has 0 aliphatic heterocycles. The summed E-state index contributed by atoms with van der Waals surface area (Å²) in [7, 11) is 5.43. The molecule has 1 amide bonds. The van der Waals surface area contributed by atoms with E-state index in [9.17, 15) is 4.79 Å². The standard InChI is InChI=1S/C18H21N5O3/c1-20-18(19)22-17(24)13-9-11-5-4-6-14(16(11)21-13)26-15-8-7-12(25-15)10-23(2)3/h4-9,21H,10H2,1-3H3,(H3,19,20,22,24). The molecule has 0 radical (unpaired) electrons. The fraction of sp³-hybridized carbons (Fsp3) is 0.222. The number of nitrogens with two attached hydrogens (primary N) is 1. The highest BCUT2D eigenvalue weighted by molar-refractivity contribution is 6.07. The van der Waals surface area contributed by atoms with Gasteiger partial charge in [-0.3, -0.25) is 15.1 Å². The summed E-state index contributed by atoms with van der Waals surface area (Å²) in [4.78, 5) is 21.0. The number of rotatable bonds is 5. The number of benzene rings is 1. The van der Waals surface area contributed by atoms with Crippen LogP contribution < -0.4 is 15.8 Å². The number of ether oxygens (including phenoxy) is 1. The predicted molar refractivity (Wildman–Crippen MR) is 99.5 cm³/mol. The molecule has 0 unspecified atom stereocenters. The third-order valence-corrected chi connectivity index (χ3v) is 3.66. The van der Waals surface area contributed by atoms with Gasteiger partial charge in [0.05, 0.1) is 12.1 Å². The minimum absolute atomic E-state index is 0.0501. The van der Waals surface area contributed by atoms with Crippen molar-refractivity contribution in [2.75, 3.05) is 21.1 Å². The number of hydrogen-bond donors (Lipinski definition) is 3. The smallest absolute Gasteiger partial charge is 0.290 e. The molecule has 2 heterocycles. The quantitative estimate of drug-likeness (QED) is 0.481. The van der Waals surface area contributed by atoms with Gasteiger partial charge in [0.2, 0.25) is 0 Å². The lowest BCUT2D eigenvalue weighted by Gasteiger charge is -2.06. The van der Waals surface area contributed by atoms with Crippen LogP contribution in [0.1, 0.15) is 16.2 Å². The van der Waals surface area contributed by atoms with Gasteiger partial charge in [-0.05, 0) is 32.3 Å². The third kappa shape index (κ3) is 3.86. The zero-order chi connectivity index (χ0) is 18.7. The molecule has 2 aromatic heterocycles. The van der Waals surface area contributed by atoms with E-state index in [1.165, 1.54) is 7.05 Å². The first kappa shape index (κ1) is 17.6. The summed E-state index contributed by atoms with van der Waals surface area (Å²) < 4.78 is 11.5. The Kier molecular flexibility index (Phi) is 4.94. The number of carbonyl (C=O) groups is 1. The Labute approximate surface area is 150 Å². The molecule has 3 rings (SSSR count). The predicted octanol–water partition coefficient (Wildman–Crippen LogP) is 2.29. The number of carbonyl (C=O) groups excluding carboxylic acids is 1. The molecule has 4 N–H and O–H groups in total. The van der Waals surface area contributed by atoms with Crippen LogP contribution in [-0.4, -0.2) is 42.9 Å². The van der Waals surface area contributed by atoms with Crippen LogP contribution >= 0.6 is 0 Å². The summed E-state index contributed by atoms with van der Waals surface area (Å²) in [5.74, 6) is 1.43. The zero-order valence-corrected chi connectivity index (χ0v) is 14.9. The Morgan fingerprint density at radius 2 is 2.15 bits per heavy atom. The van der Waals surface area contributed by atoms with Gasteiger partial charge in [-0.2, -0.15) is 0 Å². The Hall–Kier alpha value is -3.26. The van der Waals surface area contributed by atoms with Gasteiger partial charge in [-0.1, -0.05) is 12.1 Å². The Bertz CT molecular complexity index is 955. The van der Waals surface area contributed by atoms with Crippen molar-refractivity contribution in [3.8, 4) is 11.7 Å². The van der Waals surface area contributed by atoms with E-state index < -0.39 is 0 Å². The van der Waals surface area contributed by atoms with Crippen molar-refractivity contribution in [3.63, 3.8) is 0 Å². The summed E-state index contributed by atoms with van der Waals surface area (Å²) in [6.45, 7) is 0.681. The van der Waals surface area contributed by atoms with Crippen molar-refractivity contribution < 1.29 is 13.9 Å². The second kappa shape index (κ2) is 7.32. The van der Waals surface area contributed by atoms with Gasteiger partial charge in [-0.15, -0.1) is 0 Å². The topological polar surface area (TPSA) is 109 Å². The number of H-pyrrole nitrogens is 1. The second-order valence-electron chi connectivity index (χ2n) is 6.03. The van der Waals surface area contributed by atoms with Gasteiger partial charge in [0.1, 0.15) is 11.5 Å². The number of aliphatic imine (C=N–C) groups is 1. The largest absolute Gasteiger partial charge is 0.429 e. The van der Waals surface area contributed by atoms with Crippen LogP contribution in [0.15, 0.2) is 45.8 Å². The monoisotopic (exact) mass is 355 g/mol. The average Bonchev–Trinajstić information content (AvgIpc) is 3.21. The summed E-state index contributed by atoms with van der Waals surface area (Å²) in [6, 6.07) is 10.9. The number of fused-ring (bicyclic) bond motifs is 1. The number of hydrogen-bond acceptors (Lipinski definition) is 5. The van der Waals surface area contributed by atoms with Crippen molar-refractivity contribution >= 4 is 22.8 Å². The van der Waals surface area contributed by atoms with Crippen LogP contribution in [-0.2, 0) is 6.54 Å². The molecule has 3 aromatic rings. The molecule has 0 aliphatic carbocycles. The first-order valence-electron chi connectivity index (χ1n) is 8.03. The minimum Gasteiger partial charge on any atom is -0.429 e. The highest BCUT2D eigenvalue weighted by Crippen LogP contribution is 2.31. The Balaban J connectivity index is 1.85. The lowest BCUT2D eigenvalue weighted by Crippen LogP contribution is -2.36. The first-order chi connectivity index (χ1) is 12.5. The van der Waals surface area contributed by atoms with Crippen molar-refractivity contribution in [2.45, 2.75) is 6.54 Å². The maximum absolute atomic E-state index is 12.2. The maximum atomic E-state index is 12.2. The molecule has 0 atom stereocenters. The number of nitrogens with one attached hydrogen (secondary N) is 2. The summed E-state index contributed by atoms with van der Waals surface area (Å²) >= 11 is 0. The normalized spacial score (nSPS) is 11.9. The van der Waals surface area contributed by atoms with Crippen molar-refractivity contribution in [1.29, 1.82) is 0 Å². The Morgan fingerprint density at radius 1 is 1.35 bits per heavy atom. The molecule has 26 heavy (non-hydrogen) atoms. The highest BCUT2D eigenvalue weighted by Gasteiger charge is 2.14. The van der Waals surface area contributed by atoms with Crippen LogP contribution in [0.4, 0.5) is 0 Å². The average molecular weight is 355 g/mol. The van der Waals surface area contributed by atoms with E-state index in [0.29, 0.717) is 29.5 Å². The highest BCUT2D eigenvalue weighted by atomic mass is 16.6. The molecular weight excluding hydrogens is 334 g/mol. The number of guanidine groups is 1. The van der Waals surface area contributed by atoms with Crippen LogP contribution in [0.3, 0.4) is 0 Å². The van der Waals surface area contributed by atoms with E-state index in [1.807, 2.05) is 37.2 Å². The van der Waals surface area contributed by atoms with Crippen LogP contribution in [0, 0.1) is 0 Å². The van der Waals surface area contributed by atoms with Gasteiger partial charge >= 0.3 is 0 Å². The summed E-state index contributed by atoms with van der Waals surface area (Å²) in [6.07, 6.45) is 0. The first-order valence-corrected chi connectivity index (χ1v) is 8.03. The van der Waals surface area contributed by atoms with E-state index in [2.05, 4.69) is 15.3 Å². The third-order valence-electron chi connectivity index (χ3n) is 3.66. The molecule has 136 valence electrons. The molecule has 1 aromatic carbocycles. The lowest BCUT2D eigenvalue weighted by molar-refractivity contribution is 0.0972. The van der Waals surface area contributed by atoms with Gasteiger partial charge in [0.15, 0.2) is 11.7 Å². The SMILES string of the molecule is CN=C(N)NC(=O)c1cc2cccc(Oc3ccc(CN(C)C)o3)c2[nH]1. The molecule has 0 fully saturated rings. The van der Waals surface area contributed by atoms with Crippen molar-refractivity contribution in [3.05, 3.63) is 47.9 Å². The van der Waals surface area contributed by atoms with Gasteiger partial charge in [0.25, 0.3) is 11.9 Å². The molecule has 0 spiro atoms. The van der Waals surface area contributed by atoms with E-state index in [1.54, 1.807) is 18.2 Å². The molecule has 8 nitrogen and oxygen atoms in total. The number of nitrogens with zero attached hydrogens (tertiary/aromatic N) is 2. The second-order valence-corrected chi connectivity index (χ2v) is 6.03. The number of amides is 1.